The molecule has 0 radical (unpaired) electrons. The number of aromatic nitrogens is 3. The number of anilines is 1. The Morgan fingerprint density at radius 3 is 2.67 bits per heavy atom. The van der Waals surface area contributed by atoms with Crippen LogP contribution in [0, 0.1) is 19.3 Å². The zero-order valence-electron chi connectivity index (χ0n) is 14.7. The summed E-state index contributed by atoms with van der Waals surface area (Å²) in [4.78, 5) is 16.8. The molecular weight excluding hydrogens is 366 g/mol. The summed E-state index contributed by atoms with van der Waals surface area (Å²) in [6.45, 7) is 1.76. The van der Waals surface area contributed by atoms with Gasteiger partial charge in [0, 0.05) is 18.0 Å². The first-order valence-corrected chi connectivity index (χ1v) is 9.44. The number of nitrogens with zero attached hydrogens (tertiary/aromatic N) is 3. The summed E-state index contributed by atoms with van der Waals surface area (Å²) in [5.41, 5.74) is 2.37. The molecule has 0 aliphatic heterocycles. The molecule has 0 unspecified atom stereocenters. The first kappa shape index (κ1) is 18.6. The number of hydrogen-bond acceptors (Lipinski definition) is 5. The van der Waals surface area contributed by atoms with Gasteiger partial charge in [0.15, 0.2) is 5.65 Å². The molecule has 1 aromatic carbocycles. The van der Waals surface area contributed by atoms with E-state index < -0.39 is 10.0 Å². The largest absolute Gasteiger partial charge is 0.321 e. The van der Waals surface area contributed by atoms with Gasteiger partial charge in [0.05, 0.1) is 29.0 Å². The van der Waals surface area contributed by atoms with Crippen molar-refractivity contribution in [2.24, 2.45) is 7.05 Å². The van der Waals surface area contributed by atoms with Crippen LogP contribution in [0.15, 0.2) is 41.4 Å². The number of rotatable bonds is 5. The molecule has 0 spiro atoms. The molecule has 27 heavy (non-hydrogen) atoms. The number of benzene rings is 1. The van der Waals surface area contributed by atoms with Gasteiger partial charge in [0.1, 0.15) is 0 Å². The lowest BCUT2D eigenvalue weighted by molar-refractivity contribution is 0.102. The highest BCUT2D eigenvalue weighted by Crippen LogP contribution is 2.20. The second-order valence-corrected chi connectivity index (χ2v) is 7.58. The van der Waals surface area contributed by atoms with Gasteiger partial charge in [-0.15, -0.1) is 6.42 Å². The molecule has 0 aliphatic carbocycles. The normalized spacial score (nSPS) is 11.3. The summed E-state index contributed by atoms with van der Waals surface area (Å²) in [6.07, 6.45) is 6.60. The third kappa shape index (κ3) is 3.81. The molecule has 0 saturated carbocycles. The fraction of sp³-hybridized carbons (Fsp3) is 0.167. The molecule has 2 N–H and O–H groups in total. The van der Waals surface area contributed by atoms with Crippen molar-refractivity contribution < 1.29 is 13.2 Å². The molecule has 3 rings (SSSR count). The van der Waals surface area contributed by atoms with Crippen molar-refractivity contribution in [2.45, 2.75) is 11.8 Å². The smallest absolute Gasteiger partial charge is 0.255 e. The van der Waals surface area contributed by atoms with E-state index in [1.165, 1.54) is 24.3 Å². The molecule has 0 bridgehead atoms. The van der Waals surface area contributed by atoms with Crippen molar-refractivity contribution in [1.29, 1.82) is 0 Å². The molecule has 2 aromatic heterocycles. The zero-order valence-corrected chi connectivity index (χ0v) is 15.5. The molecule has 8 nitrogen and oxygen atoms in total. The van der Waals surface area contributed by atoms with Crippen molar-refractivity contribution in [1.82, 2.24) is 19.5 Å². The Labute approximate surface area is 156 Å². The highest BCUT2D eigenvalue weighted by Gasteiger charge is 2.15. The lowest BCUT2D eigenvalue weighted by Gasteiger charge is -2.07. The number of nitrogens with one attached hydrogen (secondary N) is 2. The van der Waals surface area contributed by atoms with Gasteiger partial charge in [-0.2, -0.15) is 9.82 Å². The average molecular weight is 383 g/mol. The standard InChI is InChI=1S/C18H17N5O3S/c1-4-9-20-27(25,26)15-7-5-13(6-8-15)18(24)21-14-10-16-12(2)22-23(3)17(16)19-11-14/h1,5-8,10-11,20H,9H2,2-3H3,(H,21,24). The van der Waals surface area contributed by atoms with Crippen LogP contribution in [0.2, 0.25) is 0 Å². The number of hydrogen-bond donors (Lipinski definition) is 2. The summed E-state index contributed by atoms with van der Waals surface area (Å²) in [5.74, 6) is 1.83. The maximum atomic E-state index is 12.4. The number of sulfonamides is 1. The molecule has 2 heterocycles. The SMILES string of the molecule is C#CCNS(=O)(=O)c1ccc(C(=O)Nc2cnc3c(c2)c(C)nn3C)cc1. The average Bonchev–Trinajstić information content (AvgIpc) is 2.93. The predicted octanol–water partition coefficient (Wildman–Crippen LogP) is 1.44. The minimum atomic E-state index is -3.69. The van der Waals surface area contributed by atoms with Crippen molar-refractivity contribution in [2.75, 3.05) is 11.9 Å². The van der Waals surface area contributed by atoms with E-state index >= 15 is 0 Å². The summed E-state index contributed by atoms with van der Waals surface area (Å²) in [5, 5.41) is 7.88. The number of fused-ring (bicyclic) bond motifs is 1. The van der Waals surface area contributed by atoms with Gasteiger partial charge in [-0.1, -0.05) is 5.92 Å². The number of terminal acetylenes is 1. The van der Waals surface area contributed by atoms with Gasteiger partial charge in [-0.25, -0.2) is 13.4 Å². The molecule has 0 saturated heterocycles. The molecule has 0 fully saturated rings. The van der Waals surface area contributed by atoms with E-state index in [1.54, 1.807) is 24.0 Å². The molecule has 0 aliphatic rings. The fourth-order valence-electron chi connectivity index (χ4n) is 2.58. The van der Waals surface area contributed by atoms with Gasteiger partial charge < -0.3 is 5.32 Å². The Morgan fingerprint density at radius 1 is 1.30 bits per heavy atom. The van der Waals surface area contributed by atoms with Crippen LogP contribution in [0.25, 0.3) is 11.0 Å². The Kier molecular flexibility index (Phi) is 4.94. The van der Waals surface area contributed by atoms with Crippen molar-refractivity contribution >= 4 is 32.7 Å². The van der Waals surface area contributed by atoms with Crippen LogP contribution in [0.1, 0.15) is 16.1 Å². The summed E-state index contributed by atoms with van der Waals surface area (Å²) in [6, 6.07) is 7.36. The van der Waals surface area contributed by atoms with Gasteiger partial charge in [-0.3, -0.25) is 9.48 Å². The zero-order chi connectivity index (χ0) is 19.6. The van der Waals surface area contributed by atoms with E-state index in [1.807, 2.05) is 6.92 Å². The topological polar surface area (TPSA) is 106 Å². The number of pyridine rings is 1. The molecule has 9 heteroatoms. The van der Waals surface area contributed by atoms with Crippen LogP contribution in [0.5, 0.6) is 0 Å². The van der Waals surface area contributed by atoms with Gasteiger partial charge in [-0.05, 0) is 37.3 Å². The minimum absolute atomic E-state index is 0.0309. The molecule has 138 valence electrons. The van der Waals surface area contributed by atoms with Crippen LogP contribution in [-0.2, 0) is 17.1 Å². The first-order valence-electron chi connectivity index (χ1n) is 7.96. The van der Waals surface area contributed by atoms with Gasteiger partial charge in [0.2, 0.25) is 10.0 Å². The number of carbonyl (C=O) groups is 1. The lowest BCUT2D eigenvalue weighted by atomic mass is 10.2. The maximum Gasteiger partial charge on any atom is 0.255 e. The molecular formula is C18H17N5O3S. The number of amides is 1. The van der Waals surface area contributed by atoms with Crippen LogP contribution in [0.4, 0.5) is 5.69 Å². The van der Waals surface area contributed by atoms with E-state index in [9.17, 15) is 13.2 Å². The number of aryl methyl sites for hydroxylation is 2. The van der Waals surface area contributed by atoms with Crippen molar-refractivity contribution in [3.8, 4) is 12.3 Å². The quantitative estimate of drug-likeness (QED) is 0.649. The third-order valence-electron chi connectivity index (χ3n) is 3.91. The fourth-order valence-corrected chi connectivity index (χ4v) is 3.52. The molecule has 1 amide bonds. The maximum absolute atomic E-state index is 12.4. The Hall–Kier alpha value is -3.22. The highest BCUT2D eigenvalue weighted by atomic mass is 32.2. The van der Waals surface area contributed by atoms with E-state index in [2.05, 4.69) is 26.0 Å². The second-order valence-electron chi connectivity index (χ2n) is 5.81. The number of carbonyl (C=O) groups excluding carboxylic acids is 1. The first-order chi connectivity index (χ1) is 12.8. The van der Waals surface area contributed by atoms with Crippen LogP contribution in [-0.4, -0.2) is 35.6 Å². The van der Waals surface area contributed by atoms with E-state index in [0.717, 1.165) is 16.7 Å². The Morgan fingerprint density at radius 2 is 2.00 bits per heavy atom. The van der Waals surface area contributed by atoms with E-state index in [-0.39, 0.29) is 17.3 Å². The highest BCUT2D eigenvalue weighted by molar-refractivity contribution is 7.89. The lowest BCUT2D eigenvalue weighted by Crippen LogP contribution is -2.24. The summed E-state index contributed by atoms with van der Waals surface area (Å²) < 4.78 is 27.9. The van der Waals surface area contributed by atoms with Crippen molar-refractivity contribution in [3.63, 3.8) is 0 Å². The van der Waals surface area contributed by atoms with Crippen LogP contribution in [0.3, 0.4) is 0 Å². The van der Waals surface area contributed by atoms with Gasteiger partial charge in [0.25, 0.3) is 5.91 Å². The van der Waals surface area contributed by atoms with Crippen LogP contribution >= 0.6 is 0 Å². The van der Waals surface area contributed by atoms with Crippen molar-refractivity contribution in [3.05, 3.63) is 47.8 Å². The van der Waals surface area contributed by atoms with E-state index in [4.69, 9.17) is 6.42 Å². The summed E-state index contributed by atoms with van der Waals surface area (Å²) in [7, 11) is -1.89. The van der Waals surface area contributed by atoms with Crippen LogP contribution < -0.4 is 10.0 Å². The van der Waals surface area contributed by atoms with E-state index in [0.29, 0.717) is 11.3 Å². The predicted molar refractivity (Wildman–Crippen MR) is 102 cm³/mol. The third-order valence-corrected chi connectivity index (χ3v) is 5.33. The second kappa shape index (κ2) is 7.19. The Bertz CT molecular complexity index is 1160. The van der Waals surface area contributed by atoms with Gasteiger partial charge >= 0.3 is 0 Å². The molecule has 0 atom stereocenters. The molecule has 3 aromatic rings. The summed E-state index contributed by atoms with van der Waals surface area (Å²) >= 11 is 0. The monoisotopic (exact) mass is 383 g/mol. The Balaban J connectivity index is 1.79. The minimum Gasteiger partial charge on any atom is -0.321 e.